The van der Waals surface area contributed by atoms with Gasteiger partial charge in [-0.05, 0) is 42.5 Å². The van der Waals surface area contributed by atoms with Crippen LogP contribution in [0.25, 0.3) is 0 Å². The highest BCUT2D eigenvalue weighted by Crippen LogP contribution is 2.25. The zero-order chi connectivity index (χ0) is 16.6. The van der Waals surface area contributed by atoms with E-state index >= 15 is 0 Å². The van der Waals surface area contributed by atoms with Crippen molar-refractivity contribution in [1.82, 2.24) is 10.4 Å². The number of thiocarbonyl (C=S) groups is 1. The Bertz CT molecular complexity index is 806. The van der Waals surface area contributed by atoms with Gasteiger partial charge in [0.05, 0.1) is 21.8 Å². The summed E-state index contributed by atoms with van der Waals surface area (Å²) in [6.07, 6.45) is 0. The molecule has 0 fully saturated rings. The third kappa shape index (κ3) is 3.01. The third-order valence-corrected chi connectivity index (χ3v) is 3.93. The summed E-state index contributed by atoms with van der Waals surface area (Å²) in [5.74, 6) is -0.922. The van der Waals surface area contributed by atoms with Crippen molar-refractivity contribution >= 4 is 58.0 Å². The second-order valence-corrected chi connectivity index (χ2v) is 5.93. The number of hydrazine groups is 1. The molecular weight excluding hydrogens is 357 g/mol. The lowest BCUT2D eigenvalue weighted by molar-refractivity contribution is 0.0613. The number of carbonyl (C=O) groups is 2. The zero-order valence-corrected chi connectivity index (χ0v) is 13.8. The molecule has 0 aromatic heterocycles. The van der Waals surface area contributed by atoms with E-state index in [9.17, 15) is 9.59 Å². The van der Waals surface area contributed by atoms with E-state index in [1.54, 1.807) is 42.5 Å². The van der Waals surface area contributed by atoms with Gasteiger partial charge in [-0.25, -0.2) is 0 Å². The summed E-state index contributed by atoms with van der Waals surface area (Å²) < 4.78 is 0. The van der Waals surface area contributed by atoms with Crippen LogP contribution in [0.4, 0.5) is 5.69 Å². The number of nitrogens with zero attached hydrogens (tertiary/aromatic N) is 1. The predicted molar refractivity (Wildman–Crippen MR) is 92.8 cm³/mol. The number of anilines is 1. The van der Waals surface area contributed by atoms with Gasteiger partial charge in [0.15, 0.2) is 5.11 Å². The van der Waals surface area contributed by atoms with Gasteiger partial charge in [0, 0.05) is 5.02 Å². The minimum absolute atomic E-state index is 0.0590. The second kappa shape index (κ2) is 6.16. The molecule has 5 nitrogen and oxygen atoms in total. The van der Waals surface area contributed by atoms with Gasteiger partial charge in [-0.2, -0.15) is 5.01 Å². The Labute approximate surface area is 147 Å². The van der Waals surface area contributed by atoms with E-state index in [2.05, 4.69) is 10.7 Å². The van der Waals surface area contributed by atoms with Crippen LogP contribution < -0.4 is 10.7 Å². The van der Waals surface area contributed by atoms with Crippen LogP contribution in [0.1, 0.15) is 20.7 Å². The number of fused-ring (bicyclic) bond motifs is 1. The van der Waals surface area contributed by atoms with Crippen LogP contribution in [0.3, 0.4) is 0 Å². The topological polar surface area (TPSA) is 61.4 Å². The van der Waals surface area contributed by atoms with Gasteiger partial charge >= 0.3 is 0 Å². The number of amides is 2. The van der Waals surface area contributed by atoms with Crippen LogP contribution in [0.5, 0.6) is 0 Å². The number of carbonyl (C=O) groups excluding carboxylic acids is 2. The first-order chi connectivity index (χ1) is 11.0. The lowest BCUT2D eigenvalue weighted by atomic mass is 10.1. The smallest absolute Gasteiger partial charge is 0.280 e. The van der Waals surface area contributed by atoms with Crippen LogP contribution in [0.15, 0.2) is 42.5 Å². The first-order valence-corrected chi connectivity index (χ1v) is 7.64. The Kier molecular flexibility index (Phi) is 4.21. The first kappa shape index (κ1) is 15.7. The van der Waals surface area contributed by atoms with E-state index in [-0.39, 0.29) is 5.11 Å². The minimum atomic E-state index is -0.461. The zero-order valence-electron chi connectivity index (χ0n) is 11.5. The fourth-order valence-electron chi connectivity index (χ4n) is 2.13. The van der Waals surface area contributed by atoms with E-state index in [0.717, 1.165) is 5.01 Å². The van der Waals surface area contributed by atoms with Gasteiger partial charge in [0.2, 0.25) is 0 Å². The summed E-state index contributed by atoms with van der Waals surface area (Å²) in [4.78, 5) is 24.4. The van der Waals surface area contributed by atoms with E-state index in [0.29, 0.717) is 26.9 Å². The van der Waals surface area contributed by atoms with Crippen molar-refractivity contribution < 1.29 is 9.59 Å². The molecule has 0 saturated carbocycles. The summed E-state index contributed by atoms with van der Waals surface area (Å²) in [6.45, 7) is 0. The van der Waals surface area contributed by atoms with Crippen molar-refractivity contribution in [2.45, 2.75) is 0 Å². The molecule has 0 bridgehead atoms. The van der Waals surface area contributed by atoms with Crippen molar-refractivity contribution in [2.24, 2.45) is 0 Å². The maximum Gasteiger partial charge on any atom is 0.280 e. The van der Waals surface area contributed by atoms with Crippen molar-refractivity contribution in [1.29, 1.82) is 0 Å². The average Bonchev–Trinajstić information content (AvgIpc) is 2.76. The molecule has 116 valence electrons. The molecule has 2 aromatic rings. The molecule has 2 N–H and O–H groups in total. The Morgan fingerprint density at radius 3 is 2.17 bits per heavy atom. The number of imide groups is 1. The van der Waals surface area contributed by atoms with Gasteiger partial charge in [-0.3, -0.25) is 15.0 Å². The van der Waals surface area contributed by atoms with E-state index in [1.165, 1.54) is 0 Å². The van der Waals surface area contributed by atoms with Crippen molar-refractivity contribution in [3.63, 3.8) is 0 Å². The van der Waals surface area contributed by atoms with Gasteiger partial charge < -0.3 is 5.32 Å². The van der Waals surface area contributed by atoms with E-state index in [1.807, 2.05) is 0 Å². The SMILES string of the molecule is O=C1c2ccccc2C(=O)N1NC(=S)Nc1ccc(Cl)cc1Cl. The maximum absolute atomic E-state index is 12.2. The molecule has 1 aliphatic heterocycles. The average molecular weight is 366 g/mol. The highest BCUT2D eigenvalue weighted by Gasteiger charge is 2.36. The second-order valence-electron chi connectivity index (χ2n) is 4.68. The van der Waals surface area contributed by atoms with Crippen LogP contribution in [-0.4, -0.2) is 21.9 Å². The molecular formula is C15H9Cl2N3O2S. The highest BCUT2D eigenvalue weighted by molar-refractivity contribution is 7.80. The molecule has 0 radical (unpaired) electrons. The summed E-state index contributed by atoms with van der Waals surface area (Å²) in [5.41, 5.74) is 3.75. The van der Waals surface area contributed by atoms with Gasteiger partial charge in [-0.1, -0.05) is 35.3 Å². The molecule has 23 heavy (non-hydrogen) atoms. The number of rotatable bonds is 2. The fraction of sp³-hybridized carbons (Fsp3) is 0. The number of benzene rings is 2. The predicted octanol–water partition coefficient (Wildman–Crippen LogP) is 3.49. The molecule has 3 rings (SSSR count). The maximum atomic E-state index is 12.2. The summed E-state index contributed by atoms with van der Waals surface area (Å²) in [5, 5.41) is 4.59. The molecule has 0 spiro atoms. The molecule has 2 aromatic carbocycles. The van der Waals surface area contributed by atoms with Crippen molar-refractivity contribution in [3.8, 4) is 0 Å². The summed E-state index contributed by atoms with van der Waals surface area (Å²) >= 11 is 17.0. The van der Waals surface area contributed by atoms with Crippen LogP contribution >= 0.6 is 35.4 Å². The Balaban J connectivity index is 1.74. The Hall–Kier alpha value is -2.15. The van der Waals surface area contributed by atoms with Crippen LogP contribution in [0.2, 0.25) is 10.0 Å². The Morgan fingerprint density at radius 2 is 1.61 bits per heavy atom. The molecule has 0 aliphatic carbocycles. The molecule has 1 aliphatic rings. The monoisotopic (exact) mass is 365 g/mol. The largest absolute Gasteiger partial charge is 0.330 e. The molecule has 0 unspecified atom stereocenters. The van der Waals surface area contributed by atoms with Gasteiger partial charge in [-0.15, -0.1) is 0 Å². The van der Waals surface area contributed by atoms with E-state index in [4.69, 9.17) is 35.4 Å². The minimum Gasteiger partial charge on any atom is -0.330 e. The molecule has 0 atom stereocenters. The number of nitrogens with one attached hydrogen (secondary N) is 2. The normalized spacial score (nSPS) is 13.0. The van der Waals surface area contributed by atoms with Crippen molar-refractivity contribution in [2.75, 3.05) is 5.32 Å². The van der Waals surface area contributed by atoms with Crippen LogP contribution in [-0.2, 0) is 0 Å². The quantitative estimate of drug-likeness (QED) is 0.629. The first-order valence-electron chi connectivity index (χ1n) is 6.48. The van der Waals surface area contributed by atoms with Gasteiger partial charge in [0.25, 0.3) is 11.8 Å². The van der Waals surface area contributed by atoms with E-state index < -0.39 is 11.8 Å². The lowest BCUT2D eigenvalue weighted by Gasteiger charge is -2.18. The third-order valence-electron chi connectivity index (χ3n) is 3.19. The number of hydrogen-bond acceptors (Lipinski definition) is 3. The number of hydrogen-bond donors (Lipinski definition) is 2. The van der Waals surface area contributed by atoms with Crippen molar-refractivity contribution in [3.05, 3.63) is 63.6 Å². The molecule has 1 heterocycles. The standard InChI is InChI=1S/C15H9Cl2N3O2S/c16-8-5-6-12(11(17)7-8)18-15(23)19-20-13(21)9-3-1-2-4-10(9)14(20)22/h1-7H,(H2,18,19,23). The summed E-state index contributed by atoms with van der Waals surface area (Å²) in [6, 6.07) is 11.4. The van der Waals surface area contributed by atoms with Gasteiger partial charge in [0.1, 0.15) is 0 Å². The molecule has 8 heteroatoms. The Morgan fingerprint density at radius 1 is 1.00 bits per heavy atom. The fourth-order valence-corrected chi connectivity index (χ4v) is 2.79. The number of halogens is 2. The highest BCUT2D eigenvalue weighted by atomic mass is 35.5. The van der Waals surface area contributed by atoms with Crippen LogP contribution in [0, 0.1) is 0 Å². The lowest BCUT2D eigenvalue weighted by Crippen LogP contribution is -2.47. The molecule has 0 saturated heterocycles. The molecule has 2 amide bonds. The summed E-state index contributed by atoms with van der Waals surface area (Å²) in [7, 11) is 0.